The molecule has 0 bridgehead atoms. The van der Waals surface area contributed by atoms with Gasteiger partial charge >= 0.3 is 0 Å². The van der Waals surface area contributed by atoms with E-state index in [1.54, 1.807) is 11.3 Å². The molecule has 1 aromatic heterocycles. The van der Waals surface area contributed by atoms with E-state index in [2.05, 4.69) is 23.7 Å². The Morgan fingerprint density at radius 2 is 2.28 bits per heavy atom. The van der Waals surface area contributed by atoms with Crippen LogP contribution in [0.15, 0.2) is 0 Å². The Hall–Kier alpha value is -0.900. The van der Waals surface area contributed by atoms with Gasteiger partial charge in [-0.15, -0.1) is 0 Å². The van der Waals surface area contributed by atoms with Crippen molar-refractivity contribution in [2.75, 3.05) is 11.4 Å². The third-order valence-corrected chi connectivity index (χ3v) is 4.71. The molecule has 1 aliphatic rings. The average Bonchev–Trinajstić information content (AvgIpc) is 2.83. The van der Waals surface area contributed by atoms with Crippen molar-refractivity contribution in [1.82, 2.24) is 4.98 Å². The highest BCUT2D eigenvalue weighted by molar-refractivity contribution is 7.17. The number of carbonyl (C=O) groups excluding carboxylic acids is 1. The van der Waals surface area contributed by atoms with Gasteiger partial charge in [0.25, 0.3) is 0 Å². The normalized spacial score (nSPS) is 20.1. The lowest BCUT2D eigenvalue weighted by molar-refractivity contribution is 0.112. The standard InChI is InChI=1S/C14H22N2OS/c1-3-7-11-8-5-6-9-16(11)14-15-12(4-2)13(10-17)18-14/h10-11H,3-9H2,1-2H3. The van der Waals surface area contributed by atoms with Crippen molar-refractivity contribution < 1.29 is 4.79 Å². The van der Waals surface area contributed by atoms with E-state index in [1.807, 2.05) is 0 Å². The summed E-state index contributed by atoms with van der Waals surface area (Å²) >= 11 is 1.57. The number of rotatable bonds is 5. The summed E-state index contributed by atoms with van der Waals surface area (Å²) in [6, 6.07) is 0.624. The van der Waals surface area contributed by atoms with Gasteiger partial charge in [-0.3, -0.25) is 4.79 Å². The maximum absolute atomic E-state index is 11.0. The third kappa shape index (κ3) is 2.74. The van der Waals surface area contributed by atoms with Crippen molar-refractivity contribution in [3.05, 3.63) is 10.6 Å². The lowest BCUT2D eigenvalue weighted by atomic mass is 9.99. The minimum Gasteiger partial charge on any atom is -0.345 e. The molecular formula is C14H22N2OS. The Morgan fingerprint density at radius 3 is 2.89 bits per heavy atom. The number of carbonyl (C=O) groups is 1. The van der Waals surface area contributed by atoms with Crippen LogP contribution in [0.25, 0.3) is 0 Å². The lowest BCUT2D eigenvalue weighted by Gasteiger charge is -2.35. The fraction of sp³-hybridized carbons (Fsp3) is 0.714. The molecule has 0 aliphatic carbocycles. The second-order valence-corrected chi connectivity index (χ2v) is 5.92. The summed E-state index contributed by atoms with van der Waals surface area (Å²) in [5, 5.41) is 1.06. The Labute approximate surface area is 113 Å². The number of piperidine rings is 1. The maximum Gasteiger partial charge on any atom is 0.186 e. The summed E-state index contributed by atoms with van der Waals surface area (Å²) in [5.41, 5.74) is 0.964. The van der Waals surface area contributed by atoms with E-state index < -0.39 is 0 Å². The summed E-state index contributed by atoms with van der Waals surface area (Å²) in [5.74, 6) is 0. The number of anilines is 1. The van der Waals surface area contributed by atoms with Crippen LogP contribution in [0.5, 0.6) is 0 Å². The van der Waals surface area contributed by atoms with Crippen LogP contribution in [0.1, 0.15) is 61.3 Å². The van der Waals surface area contributed by atoms with E-state index in [1.165, 1.54) is 32.1 Å². The maximum atomic E-state index is 11.0. The van der Waals surface area contributed by atoms with Crippen molar-refractivity contribution in [2.24, 2.45) is 0 Å². The van der Waals surface area contributed by atoms with Gasteiger partial charge in [0.05, 0.1) is 10.6 Å². The number of hydrogen-bond donors (Lipinski definition) is 0. The number of aryl methyl sites for hydroxylation is 1. The molecule has 0 radical (unpaired) electrons. The molecule has 0 amide bonds. The smallest absolute Gasteiger partial charge is 0.186 e. The summed E-state index contributed by atoms with van der Waals surface area (Å²) in [6.45, 7) is 5.40. The Morgan fingerprint density at radius 1 is 1.44 bits per heavy atom. The predicted octanol–water partition coefficient (Wildman–Crippen LogP) is 3.68. The molecular weight excluding hydrogens is 244 g/mol. The van der Waals surface area contributed by atoms with E-state index in [0.717, 1.165) is 35.0 Å². The van der Waals surface area contributed by atoms with E-state index in [-0.39, 0.29) is 0 Å². The fourth-order valence-electron chi connectivity index (χ4n) is 2.70. The first kappa shape index (κ1) is 13.5. The Kier molecular flexibility index (Phi) is 4.75. The molecule has 0 spiro atoms. The van der Waals surface area contributed by atoms with Crippen molar-refractivity contribution in [1.29, 1.82) is 0 Å². The first-order valence-electron chi connectivity index (χ1n) is 7.01. The highest BCUT2D eigenvalue weighted by Crippen LogP contribution is 2.32. The van der Waals surface area contributed by atoms with Crippen LogP contribution in [-0.2, 0) is 6.42 Å². The number of hydrogen-bond acceptors (Lipinski definition) is 4. The lowest BCUT2D eigenvalue weighted by Crippen LogP contribution is -2.39. The van der Waals surface area contributed by atoms with Gasteiger partial charge in [0.2, 0.25) is 0 Å². The third-order valence-electron chi connectivity index (χ3n) is 3.65. The van der Waals surface area contributed by atoms with E-state index in [0.29, 0.717) is 6.04 Å². The van der Waals surface area contributed by atoms with Crippen LogP contribution in [0.3, 0.4) is 0 Å². The van der Waals surface area contributed by atoms with Gasteiger partial charge in [-0.1, -0.05) is 31.6 Å². The summed E-state index contributed by atoms with van der Waals surface area (Å²) in [4.78, 5) is 19.0. The molecule has 0 N–H and O–H groups in total. The molecule has 3 nitrogen and oxygen atoms in total. The van der Waals surface area contributed by atoms with Gasteiger partial charge in [0.15, 0.2) is 11.4 Å². The van der Waals surface area contributed by atoms with Crippen molar-refractivity contribution in [2.45, 2.75) is 58.4 Å². The van der Waals surface area contributed by atoms with E-state index in [4.69, 9.17) is 0 Å². The molecule has 1 atom stereocenters. The second kappa shape index (κ2) is 6.32. The Bertz CT molecular complexity index is 400. The van der Waals surface area contributed by atoms with Crippen LogP contribution in [0.4, 0.5) is 5.13 Å². The van der Waals surface area contributed by atoms with Crippen LogP contribution >= 0.6 is 11.3 Å². The van der Waals surface area contributed by atoms with Gasteiger partial charge in [-0.2, -0.15) is 0 Å². The average molecular weight is 266 g/mol. The molecule has 1 unspecified atom stereocenters. The van der Waals surface area contributed by atoms with Crippen LogP contribution < -0.4 is 4.90 Å². The number of nitrogens with zero attached hydrogens (tertiary/aromatic N) is 2. The molecule has 1 saturated heterocycles. The molecule has 1 fully saturated rings. The van der Waals surface area contributed by atoms with E-state index >= 15 is 0 Å². The van der Waals surface area contributed by atoms with Gasteiger partial charge in [-0.05, 0) is 32.1 Å². The zero-order valence-electron chi connectivity index (χ0n) is 11.3. The molecule has 2 heterocycles. The van der Waals surface area contributed by atoms with Crippen molar-refractivity contribution in [3.63, 3.8) is 0 Å². The number of thiazole rings is 1. The fourth-order valence-corrected chi connectivity index (χ4v) is 3.77. The van der Waals surface area contributed by atoms with Crippen LogP contribution in [0, 0.1) is 0 Å². The molecule has 0 saturated carbocycles. The largest absolute Gasteiger partial charge is 0.345 e. The predicted molar refractivity (Wildman–Crippen MR) is 76.8 cm³/mol. The zero-order valence-corrected chi connectivity index (χ0v) is 12.1. The topological polar surface area (TPSA) is 33.2 Å². The van der Waals surface area contributed by atoms with Crippen LogP contribution in [0.2, 0.25) is 0 Å². The number of aldehydes is 1. The van der Waals surface area contributed by atoms with Crippen molar-refractivity contribution >= 4 is 22.8 Å². The minimum atomic E-state index is 0.624. The molecule has 1 aliphatic heterocycles. The van der Waals surface area contributed by atoms with Crippen molar-refractivity contribution in [3.8, 4) is 0 Å². The molecule has 0 aromatic carbocycles. The number of aromatic nitrogens is 1. The highest BCUT2D eigenvalue weighted by atomic mass is 32.1. The zero-order chi connectivity index (χ0) is 13.0. The first-order valence-corrected chi connectivity index (χ1v) is 7.83. The molecule has 2 rings (SSSR count). The Balaban J connectivity index is 2.22. The SMILES string of the molecule is CCCC1CCCCN1c1nc(CC)c(C=O)s1. The van der Waals surface area contributed by atoms with Gasteiger partial charge in [-0.25, -0.2) is 4.98 Å². The van der Waals surface area contributed by atoms with Gasteiger partial charge < -0.3 is 4.90 Å². The van der Waals surface area contributed by atoms with E-state index in [9.17, 15) is 4.79 Å². The minimum absolute atomic E-state index is 0.624. The summed E-state index contributed by atoms with van der Waals surface area (Å²) in [7, 11) is 0. The van der Waals surface area contributed by atoms with Crippen LogP contribution in [-0.4, -0.2) is 23.9 Å². The molecule has 18 heavy (non-hydrogen) atoms. The summed E-state index contributed by atoms with van der Waals surface area (Å²) in [6.07, 6.45) is 8.09. The quantitative estimate of drug-likeness (QED) is 0.762. The second-order valence-electron chi connectivity index (χ2n) is 4.91. The highest BCUT2D eigenvalue weighted by Gasteiger charge is 2.25. The summed E-state index contributed by atoms with van der Waals surface area (Å²) < 4.78 is 0. The van der Waals surface area contributed by atoms with Gasteiger partial charge in [0, 0.05) is 12.6 Å². The molecule has 4 heteroatoms. The monoisotopic (exact) mass is 266 g/mol. The first-order chi connectivity index (χ1) is 8.80. The molecule has 100 valence electrons. The molecule has 1 aromatic rings. The van der Waals surface area contributed by atoms with Gasteiger partial charge in [0.1, 0.15) is 0 Å².